The number of carbonyl (C=O) groups is 3. The second-order valence-electron chi connectivity index (χ2n) is 4.77. The fraction of sp³-hybridized carbons (Fsp3) is 0.400. The number of esters is 1. The van der Waals surface area contributed by atoms with Gasteiger partial charge in [-0.3, -0.25) is 14.4 Å². The second-order valence-corrected chi connectivity index (χ2v) is 4.77. The number of methoxy groups -OCH3 is 1. The van der Waals surface area contributed by atoms with E-state index in [4.69, 9.17) is 10.2 Å². The van der Waals surface area contributed by atoms with Crippen molar-refractivity contribution in [2.24, 2.45) is 0 Å². The van der Waals surface area contributed by atoms with Crippen LogP contribution < -0.4 is 5.32 Å². The van der Waals surface area contributed by atoms with Crippen LogP contribution in [0.1, 0.15) is 24.0 Å². The minimum absolute atomic E-state index is 0.0189. The van der Waals surface area contributed by atoms with Crippen molar-refractivity contribution in [2.75, 3.05) is 7.11 Å². The zero-order chi connectivity index (χ0) is 16.5. The molecular weight excluding hydrogens is 290 g/mol. The third kappa shape index (κ3) is 6.36. The standard InChI is InChI=1S/C15H19NO6/c1-22-14(19)8-10-2-4-11(5-3-10)9-16-12(15(20)21)6-7-13(17)18/h2-5,12,16H,6-9H2,1H3,(H,17,18)(H,20,21)/t12-/m1/s1. The van der Waals surface area contributed by atoms with Crippen LogP contribution in [-0.2, 0) is 32.1 Å². The molecule has 0 aliphatic heterocycles. The molecule has 3 N–H and O–H groups in total. The summed E-state index contributed by atoms with van der Waals surface area (Å²) < 4.78 is 4.57. The molecule has 0 spiro atoms. The molecule has 1 rings (SSSR count). The fourth-order valence-corrected chi connectivity index (χ4v) is 1.84. The van der Waals surface area contributed by atoms with E-state index in [-0.39, 0.29) is 25.2 Å². The van der Waals surface area contributed by atoms with Crippen molar-refractivity contribution in [3.63, 3.8) is 0 Å². The van der Waals surface area contributed by atoms with Crippen molar-refractivity contribution in [3.8, 4) is 0 Å². The van der Waals surface area contributed by atoms with Gasteiger partial charge in [-0.2, -0.15) is 0 Å². The predicted molar refractivity (Wildman–Crippen MR) is 77.3 cm³/mol. The zero-order valence-electron chi connectivity index (χ0n) is 12.2. The summed E-state index contributed by atoms with van der Waals surface area (Å²) in [6.07, 6.45) is -0.00625. The van der Waals surface area contributed by atoms with Crippen molar-refractivity contribution in [1.29, 1.82) is 0 Å². The lowest BCUT2D eigenvalue weighted by Gasteiger charge is -2.13. The molecule has 0 heterocycles. The summed E-state index contributed by atoms with van der Waals surface area (Å²) in [7, 11) is 1.32. The molecule has 0 amide bonds. The van der Waals surface area contributed by atoms with E-state index >= 15 is 0 Å². The molecule has 0 radical (unpaired) electrons. The van der Waals surface area contributed by atoms with Crippen molar-refractivity contribution in [2.45, 2.75) is 31.8 Å². The number of aliphatic carboxylic acids is 2. The molecule has 0 saturated heterocycles. The van der Waals surface area contributed by atoms with Gasteiger partial charge in [0.05, 0.1) is 13.5 Å². The smallest absolute Gasteiger partial charge is 0.320 e. The number of carbonyl (C=O) groups excluding carboxylic acids is 1. The van der Waals surface area contributed by atoms with Crippen LogP contribution in [0.5, 0.6) is 0 Å². The number of rotatable bonds is 9. The second kappa shape index (κ2) is 8.78. The van der Waals surface area contributed by atoms with Gasteiger partial charge in [0.1, 0.15) is 6.04 Å². The molecule has 0 aliphatic rings. The van der Waals surface area contributed by atoms with Gasteiger partial charge in [-0.15, -0.1) is 0 Å². The highest BCUT2D eigenvalue weighted by Gasteiger charge is 2.17. The Labute approximate surface area is 127 Å². The Morgan fingerprint density at radius 3 is 2.23 bits per heavy atom. The Bertz CT molecular complexity index is 525. The van der Waals surface area contributed by atoms with Crippen LogP contribution in [0.4, 0.5) is 0 Å². The van der Waals surface area contributed by atoms with Gasteiger partial charge in [0.15, 0.2) is 0 Å². The summed E-state index contributed by atoms with van der Waals surface area (Å²) in [5.41, 5.74) is 1.64. The van der Waals surface area contributed by atoms with Crippen LogP contribution in [-0.4, -0.2) is 41.3 Å². The third-order valence-electron chi connectivity index (χ3n) is 3.10. The maximum absolute atomic E-state index is 11.1. The van der Waals surface area contributed by atoms with Gasteiger partial charge in [-0.05, 0) is 17.5 Å². The van der Waals surface area contributed by atoms with Gasteiger partial charge in [0.25, 0.3) is 0 Å². The summed E-state index contributed by atoms with van der Waals surface area (Å²) in [5, 5.41) is 20.4. The molecule has 7 heteroatoms. The highest BCUT2D eigenvalue weighted by atomic mass is 16.5. The van der Waals surface area contributed by atoms with Crippen LogP contribution in [0, 0.1) is 0 Å². The van der Waals surface area contributed by atoms with E-state index in [2.05, 4.69) is 10.1 Å². The molecule has 0 saturated carbocycles. The molecule has 0 bridgehead atoms. The Balaban J connectivity index is 2.53. The summed E-state index contributed by atoms with van der Waals surface area (Å²) in [6.45, 7) is 0.301. The molecule has 120 valence electrons. The number of hydrogen-bond acceptors (Lipinski definition) is 5. The van der Waals surface area contributed by atoms with Gasteiger partial charge in [-0.1, -0.05) is 24.3 Å². The quantitative estimate of drug-likeness (QED) is 0.578. The largest absolute Gasteiger partial charge is 0.481 e. The molecule has 7 nitrogen and oxygen atoms in total. The van der Waals surface area contributed by atoms with Gasteiger partial charge < -0.3 is 20.3 Å². The molecule has 0 aromatic heterocycles. The highest BCUT2D eigenvalue weighted by molar-refractivity contribution is 5.75. The molecule has 1 atom stereocenters. The van der Waals surface area contributed by atoms with Crippen molar-refractivity contribution in [1.82, 2.24) is 5.32 Å². The average Bonchev–Trinajstić information content (AvgIpc) is 2.48. The van der Waals surface area contributed by atoms with E-state index in [1.165, 1.54) is 7.11 Å². The Morgan fingerprint density at radius 2 is 1.73 bits per heavy atom. The van der Waals surface area contributed by atoms with E-state index in [9.17, 15) is 14.4 Å². The van der Waals surface area contributed by atoms with E-state index in [0.717, 1.165) is 11.1 Å². The van der Waals surface area contributed by atoms with Crippen molar-refractivity contribution in [3.05, 3.63) is 35.4 Å². The maximum Gasteiger partial charge on any atom is 0.320 e. The number of benzene rings is 1. The van der Waals surface area contributed by atoms with Crippen molar-refractivity contribution < 1.29 is 29.3 Å². The Morgan fingerprint density at radius 1 is 1.14 bits per heavy atom. The first kappa shape index (κ1) is 17.6. The highest BCUT2D eigenvalue weighted by Crippen LogP contribution is 2.07. The number of hydrogen-bond donors (Lipinski definition) is 3. The van der Waals surface area contributed by atoms with Crippen LogP contribution in [0.2, 0.25) is 0 Å². The topological polar surface area (TPSA) is 113 Å². The Hall–Kier alpha value is -2.41. The molecule has 0 unspecified atom stereocenters. The maximum atomic E-state index is 11.1. The van der Waals surface area contributed by atoms with Crippen LogP contribution in [0.3, 0.4) is 0 Å². The first-order chi connectivity index (χ1) is 10.4. The van der Waals surface area contributed by atoms with Gasteiger partial charge in [0.2, 0.25) is 0 Å². The van der Waals surface area contributed by atoms with Crippen LogP contribution in [0.25, 0.3) is 0 Å². The van der Waals surface area contributed by atoms with Crippen LogP contribution >= 0.6 is 0 Å². The SMILES string of the molecule is COC(=O)Cc1ccc(CN[C@H](CCC(=O)O)C(=O)O)cc1. The third-order valence-corrected chi connectivity index (χ3v) is 3.10. The number of carboxylic acids is 2. The summed E-state index contributed by atoms with van der Waals surface area (Å²) in [5.74, 6) is -2.44. The average molecular weight is 309 g/mol. The lowest BCUT2D eigenvalue weighted by Crippen LogP contribution is -2.36. The van der Waals surface area contributed by atoms with Crippen molar-refractivity contribution >= 4 is 17.9 Å². The van der Waals surface area contributed by atoms with E-state index in [1.54, 1.807) is 24.3 Å². The number of nitrogens with one attached hydrogen (secondary N) is 1. The van der Waals surface area contributed by atoms with Crippen LogP contribution in [0.15, 0.2) is 24.3 Å². The zero-order valence-corrected chi connectivity index (χ0v) is 12.2. The van der Waals surface area contributed by atoms with E-state index < -0.39 is 18.0 Å². The van der Waals surface area contributed by atoms with Gasteiger partial charge >= 0.3 is 17.9 Å². The molecule has 22 heavy (non-hydrogen) atoms. The monoisotopic (exact) mass is 309 g/mol. The summed E-state index contributed by atoms with van der Waals surface area (Å²) >= 11 is 0. The van der Waals surface area contributed by atoms with Gasteiger partial charge in [0, 0.05) is 13.0 Å². The lowest BCUT2D eigenvalue weighted by atomic mass is 10.1. The molecule has 1 aromatic rings. The van der Waals surface area contributed by atoms with E-state index in [1.807, 2.05) is 0 Å². The molecular formula is C15H19NO6. The molecule has 0 fully saturated rings. The Kier molecular flexibility index (Phi) is 7.04. The first-order valence-electron chi connectivity index (χ1n) is 6.75. The fourth-order valence-electron chi connectivity index (χ4n) is 1.84. The molecule has 0 aliphatic carbocycles. The van der Waals surface area contributed by atoms with Gasteiger partial charge in [-0.25, -0.2) is 0 Å². The molecule has 1 aromatic carbocycles. The number of ether oxygens (including phenoxy) is 1. The minimum atomic E-state index is -1.08. The summed E-state index contributed by atoms with van der Waals surface area (Å²) in [6, 6.07) is 6.18. The lowest BCUT2D eigenvalue weighted by molar-refractivity contribution is -0.141. The number of carboxylic acid groups (broad SMARTS) is 2. The minimum Gasteiger partial charge on any atom is -0.481 e. The first-order valence-corrected chi connectivity index (χ1v) is 6.75. The summed E-state index contributed by atoms with van der Waals surface area (Å²) in [4.78, 5) is 32.7. The van der Waals surface area contributed by atoms with E-state index in [0.29, 0.717) is 6.54 Å². The predicted octanol–water partition coefficient (Wildman–Crippen LogP) is 0.810. The normalized spacial score (nSPS) is 11.7.